The Morgan fingerprint density at radius 1 is 1.08 bits per heavy atom. The van der Waals surface area contributed by atoms with Crippen LogP contribution in [0.1, 0.15) is 0 Å². The molecule has 0 spiro atoms. The van der Waals surface area contributed by atoms with E-state index in [0.29, 0.717) is 5.56 Å². The molecule has 0 aliphatic carbocycles. The minimum absolute atomic E-state index is 0.0748. The molecule has 0 radical (unpaired) electrons. The molecule has 120 valence electrons. The third kappa shape index (κ3) is 3.20. The highest BCUT2D eigenvalue weighted by Crippen LogP contribution is 2.37. The normalized spacial score (nSPS) is 10.5. The smallest absolute Gasteiger partial charge is 0.290 e. The molecule has 2 aromatic heterocycles. The molecule has 11 heteroatoms. The summed E-state index contributed by atoms with van der Waals surface area (Å²) >= 11 is 0.854. The van der Waals surface area contributed by atoms with Crippen molar-refractivity contribution in [2.75, 3.05) is 0 Å². The number of non-ortho nitro benzene ring substituents is 1. The third-order valence-corrected chi connectivity index (χ3v) is 3.77. The van der Waals surface area contributed by atoms with Crippen LogP contribution >= 0.6 is 11.8 Å². The predicted molar refractivity (Wildman–Crippen MR) is 81.4 cm³/mol. The monoisotopic (exact) mass is 345 g/mol. The van der Waals surface area contributed by atoms with Crippen LogP contribution in [-0.2, 0) is 0 Å². The van der Waals surface area contributed by atoms with Gasteiger partial charge in [-0.1, -0.05) is 0 Å². The quantitative estimate of drug-likeness (QED) is 0.504. The lowest BCUT2D eigenvalue weighted by atomic mass is 10.3. The topological polar surface area (TPSA) is 138 Å². The summed E-state index contributed by atoms with van der Waals surface area (Å²) in [6, 6.07) is 6.76. The molecule has 0 N–H and O–H groups in total. The summed E-state index contributed by atoms with van der Waals surface area (Å²) in [6.45, 7) is 0. The number of nitrogens with zero attached hydrogens (tertiary/aromatic N) is 5. The van der Waals surface area contributed by atoms with Crippen molar-refractivity contribution in [2.45, 2.75) is 10.1 Å². The summed E-state index contributed by atoms with van der Waals surface area (Å²) in [4.78, 5) is 24.5. The molecule has 0 aliphatic heterocycles. The van der Waals surface area contributed by atoms with E-state index in [-0.39, 0.29) is 21.7 Å². The second-order valence-corrected chi connectivity index (χ2v) is 5.38. The first-order valence-electron chi connectivity index (χ1n) is 6.39. The summed E-state index contributed by atoms with van der Waals surface area (Å²) in [5.74, 6) is 0.218. The first kappa shape index (κ1) is 15.6. The van der Waals surface area contributed by atoms with Crippen molar-refractivity contribution < 1.29 is 14.3 Å². The van der Waals surface area contributed by atoms with Crippen molar-refractivity contribution in [3.05, 3.63) is 63.0 Å². The Balaban J connectivity index is 1.90. The standard InChI is InChI=1S/C13H7N5O5S/c19-17(20)9-3-4-11(10(6-9)18(21)22)24-13-16-15-12(23-13)8-2-1-5-14-7-8/h1-7H. The van der Waals surface area contributed by atoms with Gasteiger partial charge in [-0.25, -0.2) is 0 Å². The zero-order chi connectivity index (χ0) is 17.1. The number of benzene rings is 1. The van der Waals surface area contributed by atoms with E-state index in [1.54, 1.807) is 18.3 Å². The molecule has 0 atom stereocenters. The molecule has 0 amide bonds. The lowest BCUT2D eigenvalue weighted by Gasteiger charge is -1.99. The minimum Gasteiger partial charge on any atom is -0.411 e. The molecule has 2 heterocycles. The van der Waals surface area contributed by atoms with Gasteiger partial charge in [0.05, 0.1) is 26.4 Å². The van der Waals surface area contributed by atoms with E-state index in [0.717, 1.165) is 17.8 Å². The fourth-order valence-electron chi connectivity index (χ4n) is 1.80. The number of nitro groups is 2. The second-order valence-electron chi connectivity index (χ2n) is 4.38. The zero-order valence-electron chi connectivity index (χ0n) is 11.7. The number of nitro benzene ring substituents is 2. The van der Waals surface area contributed by atoms with Crippen LogP contribution in [0, 0.1) is 20.2 Å². The van der Waals surface area contributed by atoms with Crippen molar-refractivity contribution in [3.63, 3.8) is 0 Å². The summed E-state index contributed by atoms with van der Waals surface area (Å²) in [7, 11) is 0. The maximum absolute atomic E-state index is 11.1. The molecule has 10 nitrogen and oxygen atoms in total. The van der Waals surface area contributed by atoms with Gasteiger partial charge in [0.25, 0.3) is 16.6 Å². The van der Waals surface area contributed by atoms with Gasteiger partial charge >= 0.3 is 0 Å². The van der Waals surface area contributed by atoms with E-state index in [1.165, 1.54) is 18.3 Å². The highest BCUT2D eigenvalue weighted by Gasteiger charge is 2.22. The van der Waals surface area contributed by atoms with E-state index < -0.39 is 15.5 Å². The average molecular weight is 345 g/mol. The highest BCUT2D eigenvalue weighted by atomic mass is 32.2. The molecule has 24 heavy (non-hydrogen) atoms. The lowest BCUT2D eigenvalue weighted by molar-refractivity contribution is -0.396. The second kappa shape index (κ2) is 6.42. The Bertz CT molecular complexity index is 914. The first-order valence-corrected chi connectivity index (χ1v) is 7.21. The molecule has 0 unspecified atom stereocenters. The average Bonchev–Trinajstić information content (AvgIpc) is 3.04. The fraction of sp³-hybridized carbons (Fsp3) is 0. The Morgan fingerprint density at radius 3 is 2.58 bits per heavy atom. The molecule has 0 saturated carbocycles. The van der Waals surface area contributed by atoms with Crippen molar-refractivity contribution in [1.29, 1.82) is 0 Å². The molecule has 0 aliphatic rings. The lowest BCUT2D eigenvalue weighted by Crippen LogP contribution is -1.94. The molecule has 3 aromatic rings. The van der Waals surface area contributed by atoms with Crippen LogP contribution < -0.4 is 0 Å². The van der Waals surface area contributed by atoms with Crippen LogP contribution in [0.2, 0.25) is 0 Å². The van der Waals surface area contributed by atoms with E-state index >= 15 is 0 Å². The Morgan fingerprint density at radius 2 is 1.92 bits per heavy atom. The van der Waals surface area contributed by atoms with E-state index in [2.05, 4.69) is 15.2 Å². The summed E-state index contributed by atoms with van der Waals surface area (Å²) in [5, 5.41) is 29.6. The van der Waals surface area contributed by atoms with Gasteiger partial charge in [0.15, 0.2) is 0 Å². The number of pyridine rings is 1. The van der Waals surface area contributed by atoms with Crippen LogP contribution in [0.25, 0.3) is 11.5 Å². The van der Waals surface area contributed by atoms with Gasteiger partial charge in [-0.15, -0.1) is 10.2 Å². The largest absolute Gasteiger partial charge is 0.411 e. The minimum atomic E-state index is -0.701. The van der Waals surface area contributed by atoms with Gasteiger partial charge in [0.1, 0.15) is 0 Å². The third-order valence-electron chi connectivity index (χ3n) is 2.86. The van der Waals surface area contributed by atoms with Crippen LogP contribution in [0.5, 0.6) is 0 Å². The molecular formula is C13H7N5O5S. The van der Waals surface area contributed by atoms with Crippen molar-refractivity contribution in [2.24, 2.45) is 0 Å². The van der Waals surface area contributed by atoms with E-state index in [1.807, 2.05) is 0 Å². The van der Waals surface area contributed by atoms with Crippen molar-refractivity contribution >= 4 is 23.1 Å². The molecule has 0 saturated heterocycles. The summed E-state index contributed by atoms with van der Waals surface area (Å²) in [6.07, 6.45) is 3.13. The number of rotatable bonds is 5. The molecular weight excluding hydrogens is 338 g/mol. The maximum atomic E-state index is 11.1. The van der Waals surface area contributed by atoms with Gasteiger partial charge in [0.2, 0.25) is 5.89 Å². The van der Waals surface area contributed by atoms with Gasteiger partial charge in [-0.2, -0.15) is 0 Å². The van der Waals surface area contributed by atoms with Crippen LogP contribution in [0.4, 0.5) is 11.4 Å². The predicted octanol–water partition coefficient (Wildman–Crippen LogP) is 3.10. The molecule has 1 aromatic carbocycles. The highest BCUT2D eigenvalue weighted by molar-refractivity contribution is 7.99. The van der Waals surface area contributed by atoms with Crippen molar-refractivity contribution in [3.8, 4) is 11.5 Å². The number of hydrogen-bond acceptors (Lipinski definition) is 9. The zero-order valence-corrected chi connectivity index (χ0v) is 12.5. The van der Waals surface area contributed by atoms with Gasteiger partial charge < -0.3 is 4.42 Å². The fourth-order valence-corrected chi connectivity index (χ4v) is 2.56. The Labute approximate surface area is 137 Å². The van der Waals surface area contributed by atoms with Crippen LogP contribution in [0.15, 0.2) is 57.3 Å². The summed E-state index contributed by atoms with van der Waals surface area (Å²) < 4.78 is 5.43. The molecule has 3 rings (SSSR count). The van der Waals surface area contributed by atoms with Gasteiger partial charge in [0, 0.05) is 18.5 Å². The van der Waals surface area contributed by atoms with E-state index in [9.17, 15) is 20.2 Å². The number of hydrogen-bond donors (Lipinski definition) is 0. The molecule has 0 bridgehead atoms. The SMILES string of the molecule is O=[N+]([O-])c1ccc(Sc2nnc(-c3cccnc3)o2)c([N+](=O)[O-])c1. The van der Waals surface area contributed by atoms with Gasteiger partial charge in [-0.3, -0.25) is 25.2 Å². The van der Waals surface area contributed by atoms with Crippen LogP contribution in [-0.4, -0.2) is 25.0 Å². The Hall–Kier alpha value is -3.34. The summed E-state index contributed by atoms with van der Waals surface area (Å²) in [5.41, 5.74) is -0.169. The van der Waals surface area contributed by atoms with Crippen LogP contribution in [0.3, 0.4) is 0 Å². The van der Waals surface area contributed by atoms with E-state index in [4.69, 9.17) is 4.42 Å². The maximum Gasteiger partial charge on any atom is 0.290 e. The molecule has 0 fully saturated rings. The first-order chi connectivity index (χ1) is 11.5. The number of aromatic nitrogens is 3. The Kier molecular flexibility index (Phi) is 4.16. The van der Waals surface area contributed by atoms with Gasteiger partial charge in [-0.05, 0) is 30.0 Å². The van der Waals surface area contributed by atoms with Crippen molar-refractivity contribution in [1.82, 2.24) is 15.2 Å².